The molecule has 0 aliphatic rings. The normalized spacial score (nSPS) is 11.2. The molecule has 0 amide bonds. The summed E-state index contributed by atoms with van der Waals surface area (Å²) in [6, 6.07) is 3.21. The summed E-state index contributed by atoms with van der Waals surface area (Å²) in [4.78, 5) is 3.89. The molecule has 0 saturated carbocycles. The maximum atomic E-state index is 9.29. The van der Waals surface area contributed by atoms with Crippen molar-refractivity contribution in [2.75, 3.05) is 0 Å². The van der Waals surface area contributed by atoms with Crippen LogP contribution in [0, 0.1) is 0 Å². The van der Waals surface area contributed by atoms with Gasteiger partial charge in [0.05, 0.1) is 0 Å². The summed E-state index contributed by atoms with van der Waals surface area (Å²) < 4.78 is 5.37. The number of aromatic nitrogens is 1. The fraction of sp³-hybridized carbons (Fsp3) is 0.444. The Labute approximate surface area is 72.0 Å². The minimum Gasteiger partial charge on any atom is -0.503 e. The Bertz CT molecular complexity index is 265. The molecule has 0 spiro atoms. The first-order valence-corrected chi connectivity index (χ1v) is 3.82. The van der Waals surface area contributed by atoms with Gasteiger partial charge in [-0.05, 0) is 32.9 Å². The third-order valence-electron chi connectivity index (χ3n) is 1.15. The summed E-state index contributed by atoms with van der Waals surface area (Å²) in [5.41, 5.74) is -0.328. The van der Waals surface area contributed by atoms with Crippen molar-refractivity contribution in [3.63, 3.8) is 0 Å². The number of hydrogen-bond donors (Lipinski definition) is 1. The molecule has 0 radical (unpaired) electrons. The average Bonchev–Trinajstić information content (AvgIpc) is 1.91. The Morgan fingerprint density at radius 2 is 2.08 bits per heavy atom. The summed E-state index contributed by atoms with van der Waals surface area (Å²) in [7, 11) is 0. The predicted octanol–water partition coefficient (Wildman–Crippen LogP) is 1.96. The second-order valence-corrected chi connectivity index (χ2v) is 3.54. The van der Waals surface area contributed by atoms with Crippen molar-refractivity contribution >= 4 is 0 Å². The molecule has 3 nitrogen and oxygen atoms in total. The summed E-state index contributed by atoms with van der Waals surface area (Å²) >= 11 is 0. The van der Waals surface area contributed by atoms with Crippen LogP contribution in [-0.2, 0) is 0 Å². The van der Waals surface area contributed by atoms with Crippen LogP contribution in [0.3, 0.4) is 0 Å². The monoisotopic (exact) mass is 167 g/mol. The SMILES string of the molecule is CC(C)(C)Oc1ncccc1O. The second kappa shape index (κ2) is 3.01. The molecule has 1 N–H and O–H groups in total. The molecule has 0 bridgehead atoms. The Balaban J connectivity index is 2.83. The maximum Gasteiger partial charge on any atom is 0.257 e. The van der Waals surface area contributed by atoms with Crippen molar-refractivity contribution in [1.29, 1.82) is 0 Å². The van der Waals surface area contributed by atoms with Crippen LogP contribution in [0.4, 0.5) is 0 Å². The second-order valence-electron chi connectivity index (χ2n) is 3.54. The maximum absolute atomic E-state index is 9.29. The molecule has 0 aliphatic heterocycles. The van der Waals surface area contributed by atoms with E-state index < -0.39 is 0 Å². The van der Waals surface area contributed by atoms with E-state index in [0.29, 0.717) is 0 Å². The Morgan fingerprint density at radius 3 is 2.58 bits per heavy atom. The van der Waals surface area contributed by atoms with Gasteiger partial charge in [0.15, 0.2) is 5.75 Å². The first-order chi connectivity index (χ1) is 5.49. The topological polar surface area (TPSA) is 42.4 Å². The molecule has 0 atom stereocenters. The van der Waals surface area contributed by atoms with Crippen LogP contribution in [-0.4, -0.2) is 15.7 Å². The molecule has 0 unspecified atom stereocenters. The molecule has 0 aromatic carbocycles. The van der Waals surface area contributed by atoms with Crippen molar-refractivity contribution in [3.8, 4) is 11.6 Å². The number of pyridine rings is 1. The molecule has 1 aromatic heterocycles. The van der Waals surface area contributed by atoms with E-state index in [-0.39, 0.29) is 17.2 Å². The lowest BCUT2D eigenvalue weighted by Gasteiger charge is -2.20. The summed E-state index contributed by atoms with van der Waals surface area (Å²) in [5, 5.41) is 9.29. The van der Waals surface area contributed by atoms with Gasteiger partial charge in [-0.3, -0.25) is 0 Å². The van der Waals surface area contributed by atoms with Crippen molar-refractivity contribution in [2.45, 2.75) is 26.4 Å². The average molecular weight is 167 g/mol. The van der Waals surface area contributed by atoms with Crippen molar-refractivity contribution < 1.29 is 9.84 Å². The highest BCUT2D eigenvalue weighted by Crippen LogP contribution is 2.24. The van der Waals surface area contributed by atoms with Gasteiger partial charge in [0, 0.05) is 6.20 Å². The molecular weight excluding hydrogens is 154 g/mol. The van der Waals surface area contributed by atoms with Crippen LogP contribution in [0.2, 0.25) is 0 Å². The van der Waals surface area contributed by atoms with Crippen LogP contribution >= 0.6 is 0 Å². The molecule has 66 valence electrons. The van der Waals surface area contributed by atoms with Gasteiger partial charge < -0.3 is 9.84 Å². The van der Waals surface area contributed by atoms with Gasteiger partial charge in [0.1, 0.15) is 5.60 Å². The Kier molecular flexibility index (Phi) is 2.22. The third kappa shape index (κ3) is 2.42. The lowest BCUT2D eigenvalue weighted by atomic mass is 10.2. The molecule has 1 heterocycles. The summed E-state index contributed by atoms with van der Waals surface area (Å²) in [6.07, 6.45) is 1.58. The van der Waals surface area contributed by atoms with Crippen LogP contribution in [0.25, 0.3) is 0 Å². The van der Waals surface area contributed by atoms with Gasteiger partial charge in [-0.1, -0.05) is 0 Å². The van der Waals surface area contributed by atoms with Gasteiger partial charge >= 0.3 is 0 Å². The smallest absolute Gasteiger partial charge is 0.257 e. The first kappa shape index (κ1) is 8.84. The van der Waals surface area contributed by atoms with E-state index in [4.69, 9.17) is 4.74 Å². The quantitative estimate of drug-likeness (QED) is 0.695. The zero-order valence-corrected chi connectivity index (χ0v) is 7.53. The minimum atomic E-state index is -0.328. The van der Waals surface area contributed by atoms with Gasteiger partial charge in [0.25, 0.3) is 5.88 Å². The third-order valence-corrected chi connectivity index (χ3v) is 1.15. The Hall–Kier alpha value is -1.25. The molecule has 1 aromatic rings. The van der Waals surface area contributed by atoms with Crippen molar-refractivity contribution in [2.24, 2.45) is 0 Å². The largest absolute Gasteiger partial charge is 0.503 e. The van der Waals surface area contributed by atoms with Crippen molar-refractivity contribution in [3.05, 3.63) is 18.3 Å². The molecule has 3 heteroatoms. The van der Waals surface area contributed by atoms with Gasteiger partial charge in [-0.25, -0.2) is 4.98 Å². The minimum absolute atomic E-state index is 0.0763. The van der Waals surface area contributed by atoms with Gasteiger partial charge in [-0.2, -0.15) is 0 Å². The van der Waals surface area contributed by atoms with Crippen molar-refractivity contribution in [1.82, 2.24) is 4.98 Å². The zero-order chi connectivity index (χ0) is 9.19. The fourth-order valence-corrected chi connectivity index (χ4v) is 0.751. The summed E-state index contributed by atoms with van der Waals surface area (Å²) in [6.45, 7) is 5.71. The number of aromatic hydroxyl groups is 1. The van der Waals surface area contributed by atoms with Crippen LogP contribution in [0.1, 0.15) is 20.8 Å². The lowest BCUT2D eigenvalue weighted by Crippen LogP contribution is -2.23. The number of nitrogens with zero attached hydrogens (tertiary/aromatic N) is 1. The highest BCUT2D eigenvalue weighted by molar-refractivity contribution is 5.30. The van der Waals surface area contributed by atoms with E-state index in [1.807, 2.05) is 20.8 Å². The van der Waals surface area contributed by atoms with Crippen LogP contribution in [0.15, 0.2) is 18.3 Å². The van der Waals surface area contributed by atoms with Gasteiger partial charge in [-0.15, -0.1) is 0 Å². The molecule has 12 heavy (non-hydrogen) atoms. The van der Waals surface area contributed by atoms with E-state index in [1.165, 1.54) is 0 Å². The van der Waals surface area contributed by atoms with E-state index >= 15 is 0 Å². The zero-order valence-electron chi connectivity index (χ0n) is 7.53. The molecule has 0 aliphatic carbocycles. The number of ether oxygens (including phenoxy) is 1. The number of hydrogen-bond acceptors (Lipinski definition) is 3. The van der Waals surface area contributed by atoms with Crippen LogP contribution in [0.5, 0.6) is 11.6 Å². The van der Waals surface area contributed by atoms with E-state index in [9.17, 15) is 5.11 Å². The standard InChI is InChI=1S/C9H13NO2/c1-9(2,3)12-8-7(11)5-4-6-10-8/h4-6,11H,1-3H3. The van der Waals surface area contributed by atoms with Crippen LogP contribution < -0.4 is 4.74 Å². The molecule has 0 saturated heterocycles. The molecule has 1 rings (SSSR count). The fourth-order valence-electron chi connectivity index (χ4n) is 0.751. The molecular formula is C9H13NO2. The lowest BCUT2D eigenvalue weighted by molar-refractivity contribution is 0.119. The highest BCUT2D eigenvalue weighted by atomic mass is 16.5. The van der Waals surface area contributed by atoms with E-state index in [1.54, 1.807) is 18.3 Å². The summed E-state index contributed by atoms with van der Waals surface area (Å²) in [5.74, 6) is 0.359. The van der Waals surface area contributed by atoms with E-state index in [0.717, 1.165) is 0 Å². The number of rotatable bonds is 1. The first-order valence-electron chi connectivity index (χ1n) is 3.82. The highest BCUT2D eigenvalue weighted by Gasteiger charge is 2.14. The Morgan fingerprint density at radius 1 is 1.42 bits per heavy atom. The van der Waals surface area contributed by atoms with E-state index in [2.05, 4.69) is 4.98 Å². The molecule has 0 fully saturated rings. The predicted molar refractivity (Wildman–Crippen MR) is 46.3 cm³/mol. The van der Waals surface area contributed by atoms with Gasteiger partial charge in [0.2, 0.25) is 0 Å².